The molecular weight excluding hydrogens is 258 g/mol. The van der Waals surface area contributed by atoms with Crippen molar-refractivity contribution in [2.75, 3.05) is 12.9 Å². The maximum atomic E-state index is 12.1. The molecule has 1 rings (SSSR count). The van der Waals surface area contributed by atoms with E-state index in [9.17, 15) is 4.79 Å². The average Bonchev–Trinajstić information content (AvgIpc) is 2.36. The Bertz CT molecular complexity index is 393. The van der Waals surface area contributed by atoms with Gasteiger partial charge in [0.05, 0.1) is 0 Å². The van der Waals surface area contributed by atoms with Gasteiger partial charge in [-0.2, -0.15) is 0 Å². The number of carbonyl (C=O) groups excluding carboxylic acids is 1. The summed E-state index contributed by atoms with van der Waals surface area (Å²) in [6.45, 7) is 8.17. The van der Waals surface area contributed by atoms with Crippen LogP contribution in [0.1, 0.15) is 27.7 Å². The molecule has 1 aromatic carbocycles. The van der Waals surface area contributed by atoms with Gasteiger partial charge in [-0.25, -0.2) is 0 Å². The second-order valence-corrected chi connectivity index (χ2v) is 5.83. The quantitative estimate of drug-likeness (QED) is 0.748. The fraction of sp³-hybridized carbons (Fsp3) is 0.533. The maximum absolute atomic E-state index is 12.1. The van der Waals surface area contributed by atoms with Gasteiger partial charge < -0.3 is 9.64 Å². The lowest BCUT2D eigenvalue weighted by Gasteiger charge is -2.30. The number of amides is 1. The molecule has 0 aliphatic heterocycles. The molecule has 0 saturated heterocycles. The van der Waals surface area contributed by atoms with Crippen molar-refractivity contribution in [1.29, 1.82) is 0 Å². The molecule has 0 spiro atoms. The topological polar surface area (TPSA) is 29.5 Å². The van der Waals surface area contributed by atoms with Crippen LogP contribution < -0.4 is 4.74 Å². The smallest absolute Gasteiger partial charge is 0.260 e. The standard InChI is InChI=1S/C15H23NO2S/c1-11(2)16(12(3)4)15(17)10-18-13-6-8-14(19-5)9-7-13/h6-9,11-12H,10H2,1-5H3. The second kappa shape index (κ2) is 7.43. The fourth-order valence-corrected chi connectivity index (χ4v) is 2.47. The highest BCUT2D eigenvalue weighted by Gasteiger charge is 2.20. The van der Waals surface area contributed by atoms with Gasteiger partial charge in [-0.3, -0.25) is 4.79 Å². The van der Waals surface area contributed by atoms with E-state index in [4.69, 9.17) is 4.74 Å². The predicted octanol–water partition coefficient (Wildman–Crippen LogP) is 3.43. The van der Waals surface area contributed by atoms with Crippen LogP contribution in [-0.4, -0.2) is 35.8 Å². The summed E-state index contributed by atoms with van der Waals surface area (Å²) in [7, 11) is 0. The fourth-order valence-electron chi connectivity index (χ4n) is 2.06. The molecule has 0 N–H and O–H groups in total. The Hall–Kier alpha value is -1.16. The SMILES string of the molecule is CSc1ccc(OCC(=O)N(C(C)C)C(C)C)cc1. The Balaban J connectivity index is 2.57. The second-order valence-electron chi connectivity index (χ2n) is 4.95. The van der Waals surface area contributed by atoms with E-state index in [2.05, 4.69) is 0 Å². The Morgan fingerprint density at radius 2 is 1.68 bits per heavy atom. The highest BCUT2D eigenvalue weighted by atomic mass is 32.2. The number of hydrogen-bond donors (Lipinski definition) is 0. The number of ether oxygens (including phenoxy) is 1. The third-order valence-corrected chi connectivity index (χ3v) is 3.57. The molecule has 0 fully saturated rings. The van der Waals surface area contributed by atoms with Gasteiger partial charge in [0.15, 0.2) is 6.61 Å². The molecule has 1 aromatic rings. The van der Waals surface area contributed by atoms with Crippen molar-refractivity contribution >= 4 is 17.7 Å². The highest BCUT2D eigenvalue weighted by Crippen LogP contribution is 2.19. The van der Waals surface area contributed by atoms with Gasteiger partial charge in [0.2, 0.25) is 0 Å². The van der Waals surface area contributed by atoms with Crippen LogP contribution in [0, 0.1) is 0 Å². The van der Waals surface area contributed by atoms with Crippen LogP contribution in [0.15, 0.2) is 29.2 Å². The van der Waals surface area contributed by atoms with E-state index in [1.165, 1.54) is 4.90 Å². The first kappa shape index (κ1) is 15.9. The molecule has 19 heavy (non-hydrogen) atoms. The van der Waals surface area contributed by atoms with E-state index >= 15 is 0 Å². The lowest BCUT2D eigenvalue weighted by Crippen LogP contribution is -2.44. The van der Waals surface area contributed by atoms with Crippen molar-refractivity contribution in [3.05, 3.63) is 24.3 Å². The van der Waals surface area contributed by atoms with Crippen molar-refractivity contribution in [1.82, 2.24) is 4.90 Å². The molecule has 0 aliphatic rings. The molecule has 1 amide bonds. The molecule has 0 heterocycles. The summed E-state index contributed by atoms with van der Waals surface area (Å²) in [4.78, 5) is 15.1. The van der Waals surface area contributed by atoms with E-state index in [0.717, 1.165) is 5.75 Å². The van der Waals surface area contributed by atoms with Gasteiger partial charge in [0.25, 0.3) is 5.91 Å². The first-order valence-corrected chi connectivity index (χ1v) is 7.76. The first-order valence-electron chi connectivity index (χ1n) is 6.53. The molecule has 0 unspecified atom stereocenters. The normalized spacial score (nSPS) is 10.9. The van der Waals surface area contributed by atoms with Crippen LogP contribution in [0.25, 0.3) is 0 Å². The van der Waals surface area contributed by atoms with Gasteiger partial charge in [-0.15, -0.1) is 11.8 Å². The van der Waals surface area contributed by atoms with Crippen LogP contribution in [-0.2, 0) is 4.79 Å². The Labute approximate surface area is 120 Å². The lowest BCUT2D eigenvalue weighted by molar-refractivity contribution is -0.136. The molecule has 106 valence electrons. The monoisotopic (exact) mass is 281 g/mol. The van der Waals surface area contributed by atoms with E-state index in [0.29, 0.717) is 0 Å². The highest BCUT2D eigenvalue weighted by molar-refractivity contribution is 7.98. The minimum atomic E-state index is 0.0268. The summed E-state index contributed by atoms with van der Waals surface area (Å²) in [6, 6.07) is 8.16. The molecule has 0 bridgehead atoms. The van der Waals surface area contributed by atoms with Gasteiger partial charge in [0, 0.05) is 17.0 Å². The average molecular weight is 281 g/mol. The zero-order valence-electron chi connectivity index (χ0n) is 12.3. The summed E-state index contributed by atoms with van der Waals surface area (Å²) in [5.74, 6) is 0.762. The van der Waals surface area contributed by atoms with Crippen LogP contribution in [0.3, 0.4) is 0 Å². The third-order valence-electron chi connectivity index (χ3n) is 2.82. The van der Waals surface area contributed by atoms with Crippen molar-refractivity contribution in [2.45, 2.75) is 44.7 Å². The lowest BCUT2D eigenvalue weighted by atomic mass is 10.2. The van der Waals surface area contributed by atoms with Crippen molar-refractivity contribution < 1.29 is 9.53 Å². The summed E-state index contributed by atoms with van der Waals surface area (Å²) in [6.07, 6.45) is 2.03. The number of nitrogens with zero attached hydrogens (tertiary/aromatic N) is 1. The number of rotatable bonds is 6. The molecule has 4 heteroatoms. The van der Waals surface area contributed by atoms with E-state index in [1.807, 2.05) is 63.1 Å². The minimum absolute atomic E-state index is 0.0268. The van der Waals surface area contributed by atoms with E-state index < -0.39 is 0 Å². The van der Waals surface area contributed by atoms with Crippen molar-refractivity contribution in [3.8, 4) is 5.75 Å². The van der Waals surface area contributed by atoms with Crippen LogP contribution in [0.2, 0.25) is 0 Å². The van der Waals surface area contributed by atoms with Crippen molar-refractivity contribution in [3.63, 3.8) is 0 Å². The zero-order valence-corrected chi connectivity index (χ0v) is 13.2. The molecule has 0 aliphatic carbocycles. The molecule has 0 saturated carbocycles. The van der Waals surface area contributed by atoms with E-state index in [1.54, 1.807) is 11.8 Å². The maximum Gasteiger partial charge on any atom is 0.260 e. The minimum Gasteiger partial charge on any atom is -0.484 e. The Morgan fingerprint density at radius 3 is 2.11 bits per heavy atom. The van der Waals surface area contributed by atoms with Crippen molar-refractivity contribution in [2.24, 2.45) is 0 Å². The van der Waals surface area contributed by atoms with Gasteiger partial charge >= 0.3 is 0 Å². The largest absolute Gasteiger partial charge is 0.484 e. The van der Waals surface area contributed by atoms with Crippen LogP contribution in [0.4, 0.5) is 0 Å². The third kappa shape index (κ3) is 4.78. The summed E-state index contributed by atoms with van der Waals surface area (Å²) in [5, 5.41) is 0. The van der Waals surface area contributed by atoms with Crippen LogP contribution >= 0.6 is 11.8 Å². The van der Waals surface area contributed by atoms with Gasteiger partial charge in [-0.1, -0.05) is 0 Å². The van der Waals surface area contributed by atoms with E-state index in [-0.39, 0.29) is 24.6 Å². The molecule has 0 radical (unpaired) electrons. The Morgan fingerprint density at radius 1 is 1.16 bits per heavy atom. The summed E-state index contributed by atoms with van der Waals surface area (Å²) in [5.41, 5.74) is 0. The molecular formula is C15H23NO2S. The molecule has 0 atom stereocenters. The molecule has 0 aromatic heterocycles. The number of hydrogen-bond acceptors (Lipinski definition) is 3. The number of benzene rings is 1. The molecule has 3 nitrogen and oxygen atoms in total. The zero-order chi connectivity index (χ0) is 14.4. The first-order chi connectivity index (χ1) is 8.95. The summed E-state index contributed by atoms with van der Waals surface area (Å²) < 4.78 is 5.55. The number of carbonyl (C=O) groups is 1. The Kier molecular flexibility index (Phi) is 6.22. The summed E-state index contributed by atoms with van der Waals surface area (Å²) >= 11 is 1.68. The van der Waals surface area contributed by atoms with Gasteiger partial charge in [0.1, 0.15) is 5.75 Å². The number of thioether (sulfide) groups is 1. The predicted molar refractivity (Wildman–Crippen MR) is 80.8 cm³/mol. The van der Waals surface area contributed by atoms with Crippen LogP contribution in [0.5, 0.6) is 5.75 Å². The van der Waals surface area contributed by atoms with Gasteiger partial charge in [-0.05, 0) is 58.2 Å².